The van der Waals surface area contributed by atoms with Crippen molar-refractivity contribution in [2.75, 3.05) is 38.1 Å². The van der Waals surface area contributed by atoms with Crippen LogP contribution in [-0.4, -0.2) is 199 Å². The molecule has 6 aromatic rings. The summed E-state index contributed by atoms with van der Waals surface area (Å²) in [6, 6.07) is 26.6. The summed E-state index contributed by atoms with van der Waals surface area (Å²) in [5, 5.41) is 64.5. The fourth-order valence-corrected chi connectivity index (χ4v) is 15.5. The van der Waals surface area contributed by atoms with E-state index in [1.54, 1.807) is 77.6 Å². The van der Waals surface area contributed by atoms with E-state index in [0.29, 0.717) is 80.4 Å². The third kappa shape index (κ3) is 28.7. The minimum absolute atomic E-state index is 0.0383. The zero-order valence-electron chi connectivity index (χ0n) is 68.8. The molecular weight excluding hydrogens is 1620 g/mol. The maximum absolute atomic E-state index is 14.3. The van der Waals surface area contributed by atoms with Crippen molar-refractivity contribution in [1.29, 1.82) is 0 Å². The molecule has 0 saturated heterocycles. The van der Waals surface area contributed by atoms with Gasteiger partial charge in [0.25, 0.3) is 20.2 Å². The molecule has 8 rings (SSSR count). The highest BCUT2D eigenvalue weighted by Gasteiger charge is 2.45. The van der Waals surface area contributed by atoms with Gasteiger partial charge in [0.2, 0.25) is 41.1 Å². The van der Waals surface area contributed by atoms with Crippen molar-refractivity contribution in [3.05, 3.63) is 203 Å². The second-order valence-corrected chi connectivity index (χ2v) is 33.9. The number of benzene rings is 5. The van der Waals surface area contributed by atoms with Crippen LogP contribution in [0.5, 0.6) is 0 Å². The Balaban J connectivity index is 0.764. The van der Waals surface area contributed by atoms with Gasteiger partial charge in [-0.15, -0.1) is 5.10 Å². The molecule has 0 unspecified atom stereocenters. The van der Waals surface area contributed by atoms with Crippen LogP contribution in [-0.2, 0) is 107 Å². The Labute approximate surface area is 708 Å². The molecule has 0 radical (unpaired) electrons. The highest BCUT2D eigenvalue weighted by atomic mass is 32.2. The number of amides is 8. The number of nitrogens with one attached hydrogen (secondary N) is 7. The molecule has 0 aliphatic carbocycles. The SMILES string of the molecule is CN1/C(=C/C=C/C=C/C2=[N+](CCCCCC(=O)NCc3cn(CCCNC(=O)[C@H](Cc4ccccc4)NC(=O)[C@H](Cc4ccccc4)NC(=O)CCC(=O)NCCCCCC(=O)N(CCCC[C@H](NC(=O)N[C@@H](CCC(=O)O)C(=O)O)C(=O)O)Cc4ccc(C(=O)O)cc4)nn3)c3ccc(S(=O)(=O)O)cc3C2(C)C)C(C)(C)c2cc(S(=O)(=O)O)ccc21. The second kappa shape index (κ2) is 44.8. The number of rotatable bonds is 49. The lowest BCUT2D eigenvalue weighted by Crippen LogP contribution is -2.55. The third-order valence-electron chi connectivity index (χ3n) is 21.2. The number of carboxylic acid groups (broad SMARTS) is 4. The molecular formula is C86H108N13O21S2+. The molecule has 2 aliphatic heterocycles. The number of carboxylic acids is 4. The average molecular weight is 1720 g/mol. The maximum atomic E-state index is 14.3. The molecule has 0 fully saturated rings. The Kier molecular flexibility index (Phi) is 35.0. The molecule has 8 amide bonds. The molecule has 0 saturated carbocycles. The number of aliphatic carboxylic acids is 3. The van der Waals surface area contributed by atoms with Crippen LogP contribution in [0, 0.1) is 0 Å². The molecule has 2 aliphatic rings. The summed E-state index contributed by atoms with van der Waals surface area (Å²) < 4.78 is 72.0. The Bertz CT molecular complexity index is 5110. The monoisotopic (exact) mass is 1720 g/mol. The number of likely N-dealkylation sites (N-methyl/N-ethyl adjacent to an activating group) is 1. The molecule has 4 atom stereocenters. The largest absolute Gasteiger partial charge is 0.481 e. The highest BCUT2D eigenvalue weighted by Crippen LogP contribution is 2.48. The number of carbonyl (C=O) groups is 11. The predicted molar refractivity (Wildman–Crippen MR) is 450 cm³/mol. The summed E-state index contributed by atoms with van der Waals surface area (Å²) >= 11 is 0. The Morgan fingerprint density at radius 3 is 1.76 bits per heavy atom. The summed E-state index contributed by atoms with van der Waals surface area (Å²) in [5.41, 5.74) is 6.16. The first-order chi connectivity index (χ1) is 57.9. The van der Waals surface area contributed by atoms with Crippen LogP contribution in [0.4, 0.5) is 16.2 Å². The van der Waals surface area contributed by atoms with Gasteiger partial charge in [0, 0.05) is 126 Å². The van der Waals surface area contributed by atoms with Crippen molar-refractivity contribution >= 4 is 103 Å². The van der Waals surface area contributed by atoms with Crippen molar-refractivity contribution < 1.29 is 104 Å². The number of hydrogen-bond acceptors (Lipinski definition) is 18. The van der Waals surface area contributed by atoms with Gasteiger partial charge in [-0.3, -0.25) is 47.3 Å². The number of fused-ring (bicyclic) bond motifs is 2. The van der Waals surface area contributed by atoms with Crippen LogP contribution in [0.25, 0.3) is 0 Å². The molecule has 5 aromatic carbocycles. The first kappa shape index (κ1) is 95.2. The van der Waals surface area contributed by atoms with Gasteiger partial charge in [-0.1, -0.05) is 117 Å². The minimum atomic E-state index is -4.50. The topological polar surface area (TPSA) is 502 Å². The van der Waals surface area contributed by atoms with Crippen LogP contribution < -0.4 is 42.1 Å². The molecule has 36 heteroatoms. The average Bonchev–Trinajstić information content (AvgIpc) is 1.60. The Morgan fingerprint density at radius 1 is 0.541 bits per heavy atom. The van der Waals surface area contributed by atoms with Crippen LogP contribution in [0.3, 0.4) is 0 Å². The van der Waals surface area contributed by atoms with E-state index >= 15 is 0 Å². The zero-order valence-corrected chi connectivity index (χ0v) is 70.4. The lowest BCUT2D eigenvalue weighted by atomic mass is 9.81. The van der Waals surface area contributed by atoms with E-state index in [2.05, 4.69) is 52.1 Å². The Morgan fingerprint density at radius 2 is 1.13 bits per heavy atom. The lowest BCUT2D eigenvalue weighted by Gasteiger charge is -2.24. The van der Waals surface area contributed by atoms with Crippen LogP contribution in [0.15, 0.2) is 173 Å². The van der Waals surface area contributed by atoms with Crippen molar-refractivity contribution in [1.82, 2.24) is 57.1 Å². The molecule has 122 heavy (non-hydrogen) atoms. The van der Waals surface area contributed by atoms with Gasteiger partial charge in [0.15, 0.2) is 5.71 Å². The van der Waals surface area contributed by atoms with Crippen molar-refractivity contribution in [3.63, 3.8) is 0 Å². The quantitative estimate of drug-likeness (QED) is 0.00748. The molecule has 654 valence electrons. The maximum Gasteiger partial charge on any atom is 0.335 e. The van der Waals surface area contributed by atoms with Gasteiger partial charge in [0.05, 0.1) is 33.5 Å². The van der Waals surface area contributed by atoms with E-state index in [1.165, 1.54) is 41.3 Å². The van der Waals surface area contributed by atoms with Crippen molar-refractivity contribution in [2.45, 2.75) is 208 Å². The smallest absolute Gasteiger partial charge is 0.335 e. The Hall–Kier alpha value is -12.3. The standard InChI is InChI=1S/C86H107N13O21S2/c1-85(2)64-52-62(121(115,116)117)37-40-70(64)96(5)72(85)29-15-8-16-30-73-86(3,4)65-53-63(122(118,119)120)38-41-71(65)99(73)49-21-10-17-31-74(100)89-54-61-56-98(95-94-61)48-23-46-88-79(106)68(50-57-24-11-6-12-25-57)91-80(107)69(51-58-26-13-7-14-27-58)90-76(102)43-42-75(101)87-45-20-9-18-32-77(103)97(55-59-33-35-60(36-34-59)81(108)109)47-22-19-28-66(82(110)111)92-84(114)93-67(83(112)113)39-44-78(104)105/h6-8,11-16,24-27,29-30,33-38,40-41,52-53,56,66-69H,9-10,17-23,28,31-32,39,42-51,54-55H2,1-5H3,(H12-,87,88,89,90,91,92,93,100,101,102,104,105,106,107,108,109,110,111,112,113,114,115,116,117,118,119,120)/p+1/t66-,67-,68-,69-/m0/s1. The van der Waals surface area contributed by atoms with Gasteiger partial charge >= 0.3 is 29.9 Å². The number of allylic oxidation sites excluding steroid dienone is 6. The number of aromatic nitrogens is 3. The van der Waals surface area contributed by atoms with E-state index < -0.39 is 122 Å². The number of aromatic carboxylic acids is 1. The first-order valence-corrected chi connectivity index (χ1v) is 43.2. The van der Waals surface area contributed by atoms with Crippen molar-refractivity contribution in [2.24, 2.45) is 0 Å². The van der Waals surface area contributed by atoms with Gasteiger partial charge in [0.1, 0.15) is 36.4 Å². The van der Waals surface area contributed by atoms with Gasteiger partial charge < -0.3 is 67.4 Å². The minimum Gasteiger partial charge on any atom is -0.481 e. The van der Waals surface area contributed by atoms with Crippen LogP contribution in [0.1, 0.15) is 174 Å². The van der Waals surface area contributed by atoms with Gasteiger partial charge in [-0.25, -0.2) is 19.2 Å². The molecule has 0 bridgehead atoms. The third-order valence-corrected chi connectivity index (χ3v) is 22.9. The van der Waals surface area contributed by atoms with E-state index in [4.69, 9.17) is 5.11 Å². The first-order valence-electron chi connectivity index (χ1n) is 40.3. The number of carbonyl (C=O) groups excluding carboxylic acids is 7. The highest BCUT2D eigenvalue weighted by molar-refractivity contribution is 7.86. The van der Waals surface area contributed by atoms with Crippen LogP contribution >= 0.6 is 0 Å². The van der Waals surface area contributed by atoms with E-state index in [1.807, 2.05) is 88.2 Å². The fourth-order valence-electron chi connectivity index (χ4n) is 14.5. The zero-order chi connectivity index (χ0) is 88.9. The summed E-state index contributed by atoms with van der Waals surface area (Å²) in [7, 11) is -7.03. The van der Waals surface area contributed by atoms with E-state index in [0.717, 1.165) is 33.9 Å². The second-order valence-electron chi connectivity index (χ2n) is 31.0. The molecule has 3 heterocycles. The molecule has 1 aromatic heterocycles. The summed E-state index contributed by atoms with van der Waals surface area (Å²) in [4.78, 5) is 144. The molecule has 34 nitrogen and oxygen atoms in total. The number of urea groups is 1. The number of aryl methyl sites for hydroxylation is 1. The number of hydrogen-bond donors (Lipinski definition) is 13. The lowest BCUT2D eigenvalue weighted by molar-refractivity contribution is -0.438. The van der Waals surface area contributed by atoms with Gasteiger partial charge in [-0.05, 0) is 142 Å². The van der Waals surface area contributed by atoms with Crippen LogP contribution in [0.2, 0.25) is 0 Å². The summed E-state index contributed by atoms with van der Waals surface area (Å²) in [5.74, 6) is -7.95. The van der Waals surface area contributed by atoms with Crippen molar-refractivity contribution in [3.8, 4) is 0 Å². The van der Waals surface area contributed by atoms with Gasteiger partial charge in [-0.2, -0.15) is 21.4 Å². The molecule has 0 spiro atoms. The summed E-state index contributed by atoms with van der Waals surface area (Å²) in [6.07, 6.45) is 14.2. The fraction of sp³-hybridized carbons (Fsp3) is 0.419. The predicted octanol–water partition coefficient (Wildman–Crippen LogP) is 7.83. The number of unbranched alkanes of at least 4 members (excludes halogenated alkanes) is 5. The summed E-state index contributed by atoms with van der Waals surface area (Å²) in [6.45, 7) is 9.51. The number of nitrogens with zero attached hydrogens (tertiary/aromatic N) is 6. The number of anilines is 1. The van der Waals surface area contributed by atoms with E-state index in [-0.39, 0.29) is 118 Å². The van der Waals surface area contributed by atoms with E-state index in [9.17, 15) is 94.0 Å². The molecule has 13 N–H and O–H groups in total. The normalized spacial score (nSPS) is 14.7.